The first-order chi connectivity index (χ1) is 15.6. The van der Waals surface area contributed by atoms with Crippen molar-refractivity contribution in [2.24, 2.45) is 0 Å². The second-order valence-corrected chi connectivity index (χ2v) is 8.90. The van der Waals surface area contributed by atoms with Gasteiger partial charge < -0.3 is 18.9 Å². The number of aromatic nitrogens is 1. The van der Waals surface area contributed by atoms with E-state index in [1.807, 2.05) is 37.3 Å². The fourth-order valence-corrected chi connectivity index (χ4v) is 4.74. The minimum atomic E-state index is -0.212. The monoisotopic (exact) mass is 452 g/mol. The van der Waals surface area contributed by atoms with Gasteiger partial charge in [0.15, 0.2) is 16.6 Å². The molecule has 8 heteroatoms. The molecule has 1 unspecified atom stereocenters. The molecule has 2 aliphatic heterocycles. The van der Waals surface area contributed by atoms with E-state index in [9.17, 15) is 4.79 Å². The summed E-state index contributed by atoms with van der Waals surface area (Å²) in [6.45, 7) is 3.50. The van der Waals surface area contributed by atoms with E-state index < -0.39 is 0 Å². The first-order valence-electron chi connectivity index (χ1n) is 10.6. The van der Waals surface area contributed by atoms with Gasteiger partial charge >= 0.3 is 0 Å². The minimum absolute atomic E-state index is 0.133. The van der Waals surface area contributed by atoms with E-state index in [-0.39, 0.29) is 18.8 Å². The Morgan fingerprint density at radius 2 is 2.12 bits per heavy atom. The van der Waals surface area contributed by atoms with Gasteiger partial charge in [0.1, 0.15) is 12.4 Å². The summed E-state index contributed by atoms with van der Waals surface area (Å²) in [7, 11) is 0. The number of aryl methyl sites for hydroxylation is 1. The number of carbonyl (C=O) groups is 1. The van der Waals surface area contributed by atoms with Gasteiger partial charge in [0.25, 0.3) is 5.91 Å². The fraction of sp³-hybridized carbons (Fsp3) is 0.333. The lowest BCUT2D eigenvalue weighted by Gasteiger charge is -2.12. The highest BCUT2D eigenvalue weighted by Gasteiger charge is 2.18. The van der Waals surface area contributed by atoms with E-state index in [2.05, 4.69) is 10.3 Å². The third-order valence-electron chi connectivity index (χ3n) is 5.47. The van der Waals surface area contributed by atoms with Crippen LogP contribution in [-0.2, 0) is 11.2 Å². The maximum atomic E-state index is 12.8. The van der Waals surface area contributed by atoms with Crippen molar-refractivity contribution in [3.63, 3.8) is 0 Å². The smallest absolute Gasteiger partial charge is 0.257 e. The minimum Gasteiger partial charge on any atom is -0.491 e. The quantitative estimate of drug-likeness (QED) is 0.565. The molecular formula is C24H24N2O5S. The Bertz CT molecular complexity index is 1120. The van der Waals surface area contributed by atoms with Crippen LogP contribution in [0.25, 0.3) is 0 Å². The van der Waals surface area contributed by atoms with E-state index in [0.717, 1.165) is 47.1 Å². The van der Waals surface area contributed by atoms with Gasteiger partial charge in [0.05, 0.1) is 11.8 Å². The van der Waals surface area contributed by atoms with E-state index in [1.165, 1.54) is 11.3 Å². The molecule has 0 bridgehead atoms. The molecule has 0 aliphatic carbocycles. The van der Waals surface area contributed by atoms with Crippen molar-refractivity contribution in [1.82, 2.24) is 4.98 Å². The lowest BCUT2D eigenvalue weighted by molar-refractivity contribution is 0.0679. The van der Waals surface area contributed by atoms with Gasteiger partial charge in [0, 0.05) is 23.5 Å². The number of carbonyl (C=O) groups excluding carboxylic acids is 1. The summed E-state index contributed by atoms with van der Waals surface area (Å²) in [5.41, 5.74) is 2.53. The van der Waals surface area contributed by atoms with Gasteiger partial charge in [-0.3, -0.25) is 10.1 Å². The SMILES string of the molecule is Cc1nc(NC(=O)c2cccc(OCC3CCCO3)c2)sc1Cc1ccc2c(c1)OCO2. The second-order valence-electron chi connectivity index (χ2n) is 7.82. The summed E-state index contributed by atoms with van der Waals surface area (Å²) in [4.78, 5) is 18.4. The summed E-state index contributed by atoms with van der Waals surface area (Å²) >= 11 is 1.48. The first kappa shape index (κ1) is 20.8. The Balaban J connectivity index is 1.22. The predicted molar refractivity (Wildman–Crippen MR) is 121 cm³/mol. The van der Waals surface area contributed by atoms with Crippen LogP contribution in [0.3, 0.4) is 0 Å². The number of rotatable bonds is 7. The fourth-order valence-electron chi connectivity index (χ4n) is 3.74. The number of benzene rings is 2. The first-order valence-corrected chi connectivity index (χ1v) is 11.5. The molecule has 3 heterocycles. The molecule has 0 saturated carbocycles. The molecule has 32 heavy (non-hydrogen) atoms. The van der Waals surface area contributed by atoms with Crippen molar-refractivity contribution in [1.29, 1.82) is 0 Å². The van der Waals surface area contributed by atoms with E-state index >= 15 is 0 Å². The van der Waals surface area contributed by atoms with Crippen molar-refractivity contribution in [3.05, 3.63) is 64.2 Å². The standard InChI is InChI=1S/C24H24N2O5S/c1-15-22(11-16-7-8-20-21(10-16)31-14-30-20)32-24(25-15)26-23(27)17-4-2-5-18(12-17)29-13-19-6-3-9-28-19/h2,4-5,7-8,10,12,19H,3,6,9,11,13-14H2,1H3,(H,25,26,27). The molecule has 1 aromatic heterocycles. The number of hydrogen-bond donors (Lipinski definition) is 1. The largest absolute Gasteiger partial charge is 0.491 e. The number of hydrogen-bond acceptors (Lipinski definition) is 7. The topological polar surface area (TPSA) is 78.9 Å². The van der Waals surface area contributed by atoms with Crippen LogP contribution in [0.4, 0.5) is 5.13 Å². The van der Waals surface area contributed by atoms with Gasteiger partial charge in [0.2, 0.25) is 6.79 Å². The van der Waals surface area contributed by atoms with Crippen molar-refractivity contribution in [2.45, 2.75) is 32.3 Å². The number of nitrogens with one attached hydrogen (secondary N) is 1. The molecule has 1 N–H and O–H groups in total. The van der Waals surface area contributed by atoms with Gasteiger partial charge in [-0.2, -0.15) is 0 Å². The van der Waals surface area contributed by atoms with Crippen LogP contribution in [0, 0.1) is 6.92 Å². The molecule has 1 fully saturated rings. The Hall–Kier alpha value is -3.10. The molecule has 1 atom stereocenters. The normalized spacial score (nSPS) is 16.8. The lowest BCUT2D eigenvalue weighted by atomic mass is 10.1. The average Bonchev–Trinajstić information content (AvgIpc) is 3.54. The lowest BCUT2D eigenvalue weighted by Crippen LogP contribution is -2.16. The van der Waals surface area contributed by atoms with E-state index in [0.29, 0.717) is 29.5 Å². The third kappa shape index (κ3) is 4.71. The molecule has 0 radical (unpaired) electrons. The van der Waals surface area contributed by atoms with E-state index in [1.54, 1.807) is 12.1 Å². The van der Waals surface area contributed by atoms with Crippen molar-refractivity contribution >= 4 is 22.4 Å². The summed E-state index contributed by atoms with van der Waals surface area (Å²) in [6, 6.07) is 13.1. The molecule has 2 aromatic carbocycles. The highest BCUT2D eigenvalue weighted by atomic mass is 32.1. The van der Waals surface area contributed by atoms with Gasteiger partial charge in [-0.05, 0) is 55.7 Å². The summed E-state index contributed by atoms with van der Waals surface area (Å²) in [6.07, 6.45) is 2.93. The summed E-state index contributed by atoms with van der Waals surface area (Å²) < 4.78 is 22.2. The number of fused-ring (bicyclic) bond motifs is 1. The second kappa shape index (κ2) is 9.18. The van der Waals surface area contributed by atoms with Crippen LogP contribution in [-0.4, -0.2) is 37.0 Å². The Kier molecular flexibility index (Phi) is 5.96. The molecule has 3 aromatic rings. The zero-order chi connectivity index (χ0) is 21.9. The summed E-state index contributed by atoms with van der Waals surface area (Å²) in [5, 5.41) is 3.49. The third-order valence-corrected chi connectivity index (χ3v) is 6.54. The van der Waals surface area contributed by atoms with Crippen molar-refractivity contribution in [2.75, 3.05) is 25.3 Å². The molecule has 1 saturated heterocycles. The van der Waals surface area contributed by atoms with Crippen LogP contribution >= 0.6 is 11.3 Å². The predicted octanol–water partition coefficient (Wildman–Crippen LogP) is 4.58. The maximum absolute atomic E-state index is 12.8. The van der Waals surface area contributed by atoms with Crippen LogP contribution in [0.2, 0.25) is 0 Å². The van der Waals surface area contributed by atoms with Crippen LogP contribution in [0.5, 0.6) is 17.2 Å². The zero-order valence-corrected chi connectivity index (χ0v) is 18.6. The van der Waals surface area contributed by atoms with Crippen LogP contribution in [0.15, 0.2) is 42.5 Å². The Labute approximate surface area is 190 Å². The van der Waals surface area contributed by atoms with Crippen molar-refractivity contribution < 1.29 is 23.7 Å². The summed E-state index contributed by atoms with van der Waals surface area (Å²) in [5.74, 6) is 1.98. The highest BCUT2D eigenvalue weighted by Crippen LogP contribution is 2.34. The number of ether oxygens (including phenoxy) is 4. The van der Waals surface area contributed by atoms with Gasteiger partial charge in [-0.25, -0.2) is 4.98 Å². The Morgan fingerprint density at radius 3 is 3.00 bits per heavy atom. The molecule has 0 spiro atoms. The molecule has 5 rings (SSSR count). The van der Waals surface area contributed by atoms with Crippen molar-refractivity contribution in [3.8, 4) is 17.2 Å². The average molecular weight is 453 g/mol. The van der Waals surface area contributed by atoms with Gasteiger partial charge in [-0.15, -0.1) is 11.3 Å². The molecule has 166 valence electrons. The number of nitrogens with zero attached hydrogens (tertiary/aromatic N) is 1. The van der Waals surface area contributed by atoms with Gasteiger partial charge in [-0.1, -0.05) is 12.1 Å². The van der Waals surface area contributed by atoms with E-state index in [4.69, 9.17) is 18.9 Å². The molecular weight excluding hydrogens is 428 g/mol. The number of amides is 1. The number of anilines is 1. The molecule has 1 amide bonds. The molecule has 7 nitrogen and oxygen atoms in total. The molecule has 2 aliphatic rings. The van der Waals surface area contributed by atoms with Crippen LogP contribution in [0.1, 0.15) is 39.3 Å². The Morgan fingerprint density at radius 1 is 1.22 bits per heavy atom. The van der Waals surface area contributed by atoms with Crippen LogP contribution < -0.4 is 19.5 Å². The number of thiazole rings is 1. The highest BCUT2D eigenvalue weighted by molar-refractivity contribution is 7.15. The maximum Gasteiger partial charge on any atom is 0.257 e. The zero-order valence-electron chi connectivity index (χ0n) is 17.8.